The number of esters is 2. The van der Waals surface area contributed by atoms with Gasteiger partial charge in [-0.3, -0.25) is 14.4 Å². The lowest BCUT2D eigenvalue weighted by molar-refractivity contribution is -0.163. The smallest absolute Gasteiger partial charge is 0.350 e. The molecule has 0 aromatic heterocycles. The predicted octanol–water partition coefficient (Wildman–Crippen LogP) is 9.13. The van der Waals surface area contributed by atoms with E-state index in [1.165, 1.54) is 18.9 Å². The van der Waals surface area contributed by atoms with E-state index in [-0.39, 0.29) is 34.8 Å². The molecule has 6 rings (SSSR count). The molecular weight excluding hydrogens is 640 g/mol. The monoisotopic (exact) mass is 690 g/mol. The summed E-state index contributed by atoms with van der Waals surface area (Å²) in [6, 6.07) is 13.4. The third-order valence-electron chi connectivity index (χ3n) is 11.5. The second kappa shape index (κ2) is 14.4. The number of ether oxygens (including phenoxy) is 3. The van der Waals surface area contributed by atoms with Crippen molar-refractivity contribution in [1.82, 2.24) is 0 Å². The molecule has 264 valence electrons. The van der Waals surface area contributed by atoms with Crippen LogP contribution in [0.4, 0.5) is 0 Å². The fraction of sp³-hybridized carbons (Fsp3) is 0.561. The lowest BCUT2D eigenvalue weighted by atomic mass is 9.48. The van der Waals surface area contributed by atoms with E-state index in [4.69, 9.17) is 25.8 Å². The second-order valence-corrected chi connectivity index (χ2v) is 16.0. The highest BCUT2D eigenvalue weighted by atomic mass is 35.5. The molecule has 6 unspecified atom stereocenters. The van der Waals surface area contributed by atoms with Crippen molar-refractivity contribution in [3.63, 3.8) is 0 Å². The maximum atomic E-state index is 12.4. The number of benzene rings is 2. The van der Waals surface area contributed by atoms with Gasteiger partial charge in [0.25, 0.3) is 0 Å². The zero-order chi connectivity index (χ0) is 35.7. The summed E-state index contributed by atoms with van der Waals surface area (Å²) in [5, 5.41) is 0.579. The Morgan fingerprint density at radius 1 is 0.878 bits per heavy atom. The molecule has 0 aliphatic heterocycles. The molecule has 3 saturated carbocycles. The highest BCUT2D eigenvalue weighted by Gasteiger charge is 2.58. The predicted molar refractivity (Wildman–Crippen MR) is 190 cm³/mol. The fourth-order valence-electron chi connectivity index (χ4n) is 8.87. The van der Waals surface area contributed by atoms with E-state index < -0.39 is 11.6 Å². The first kappa shape index (κ1) is 36.8. The molecule has 0 amide bonds. The van der Waals surface area contributed by atoms with Crippen LogP contribution >= 0.6 is 11.6 Å². The Morgan fingerprint density at radius 2 is 1.47 bits per heavy atom. The van der Waals surface area contributed by atoms with Crippen LogP contribution in [0.1, 0.15) is 116 Å². The van der Waals surface area contributed by atoms with Crippen molar-refractivity contribution < 1.29 is 33.4 Å². The van der Waals surface area contributed by atoms with Crippen LogP contribution < -0.4 is 4.74 Å². The molecule has 0 spiro atoms. The molecular formula is C41H51ClO7. The molecule has 3 fully saturated rings. The molecule has 8 heteroatoms. The lowest BCUT2D eigenvalue weighted by Crippen LogP contribution is -2.50. The standard InChI is InChI=1S/C21H30O3.C20H21ClO4/c1-13(22)24-15-8-10-20(2)14(12-15)4-5-16-17-6-7-19(23)21(17,3)11-9-18(16)20;1-13(2)24-19(23)20(3,4)25-17-11-7-15(8-12-17)18(22)14-5-9-16(21)10-6-14/h4,15-18H,5-12H2,1-3H3;5-13H,1-4H3. The van der Waals surface area contributed by atoms with E-state index in [0.717, 1.165) is 44.9 Å². The van der Waals surface area contributed by atoms with Crippen molar-refractivity contribution in [3.8, 4) is 5.75 Å². The van der Waals surface area contributed by atoms with E-state index in [1.807, 2.05) is 0 Å². The van der Waals surface area contributed by atoms with Crippen LogP contribution in [-0.2, 0) is 23.9 Å². The van der Waals surface area contributed by atoms with Crippen LogP contribution in [0.3, 0.4) is 0 Å². The number of ketones is 2. The Bertz CT molecular complexity index is 1590. The Kier molecular flexibility index (Phi) is 10.8. The maximum absolute atomic E-state index is 12.4. The van der Waals surface area contributed by atoms with Crippen molar-refractivity contribution in [2.45, 2.75) is 118 Å². The number of fused-ring (bicyclic) bond motifs is 5. The zero-order valence-electron chi connectivity index (χ0n) is 30.0. The van der Waals surface area contributed by atoms with Crippen molar-refractivity contribution in [2.24, 2.45) is 28.6 Å². The number of halogens is 1. The first-order valence-corrected chi connectivity index (χ1v) is 18.1. The number of rotatable bonds is 7. The first-order chi connectivity index (χ1) is 23.0. The van der Waals surface area contributed by atoms with Gasteiger partial charge in [-0.1, -0.05) is 37.1 Å². The Hall–Kier alpha value is -3.45. The summed E-state index contributed by atoms with van der Waals surface area (Å²) < 4.78 is 16.4. The molecule has 4 aliphatic rings. The fourth-order valence-corrected chi connectivity index (χ4v) is 8.99. The topological polar surface area (TPSA) is 96.0 Å². The highest BCUT2D eigenvalue weighted by molar-refractivity contribution is 6.30. The zero-order valence-corrected chi connectivity index (χ0v) is 30.7. The molecule has 0 bridgehead atoms. The molecule has 2 aromatic carbocycles. The lowest BCUT2D eigenvalue weighted by Gasteiger charge is -2.56. The van der Waals surface area contributed by atoms with E-state index in [2.05, 4.69) is 19.9 Å². The second-order valence-electron chi connectivity index (χ2n) is 15.6. The third kappa shape index (κ3) is 7.82. The number of Topliss-reactive ketones (excluding diaryl/α,β-unsaturated/α-hetero) is 1. The molecule has 2 aromatic rings. The Balaban J connectivity index is 0.000000191. The summed E-state index contributed by atoms with van der Waals surface area (Å²) in [5.41, 5.74) is 1.70. The van der Waals surface area contributed by atoms with Crippen LogP contribution in [0.5, 0.6) is 5.75 Å². The van der Waals surface area contributed by atoms with Crippen LogP contribution in [0, 0.1) is 28.6 Å². The summed E-state index contributed by atoms with van der Waals surface area (Å²) in [5.74, 6) is 2.27. The Morgan fingerprint density at radius 3 is 2.08 bits per heavy atom. The average molecular weight is 691 g/mol. The molecule has 0 radical (unpaired) electrons. The van der Waals surface area contributed by atoms with E-state index in [9.17, 15) is 19.2 Å². The van der Waals surface area contributed by atoms with Crippen LogP contribution in [0.15, 0.2) is 60.2 Å². The summed E-state index contributed by atoms with van der Waals surface area (Å²) in [4.78, 5) is 48.2. The molecule has 0 N–H and O–H groups in total. The van der Waals surface area contributed by atoms with Gasteiger partial charge in [-0.15, -0.1) is 0 Å². The van der Waals surface area contributed by atoms with Gasteiger partial charge in [-0.25, -0.2) is 4.79 Å². The maximum Gasteiger partial charge on any atom is 0.350 e. The minimum absolute atomic E-state index is 0.0438. The van der Waals surface area contributed by atoms with Crippen LogP contribution in [0.2, 0.25) is 5.02 Å². The van der Waals surface area contributed by atoms with Gasteiger partial charge in [-0.05, 0) is 138 Å². The molecule has 6 atom stereocenters. The highest BCUT2D eigenvalue weighted by Crippen LogP contribution is 2.64. The third-order valence-corrected chi connectivity index (χ3v) is 11.8. The first-order valence-electron chi connectivity index (χ1n) is 17.7. The van der Waals surface area contributed by atoms with Gasteiger partial charge in [0.15, 0.2) is 11.4 Å². The van der Waals surface area contributed by atoms with Gasteiger partial charge in [0.2, 0.25) is 0 Å². The quantitative estimate of drug-likeness (QED) is 0.162. The minimum Gasteiger partial charge on any atom is -0.476 e. The Labute approximate surface area is 296 Å². The van der Waals surface area contributed by atoms with E-state index in [1.54, 1.807) is 76.2 Å². The number of carbonyl (C=O) groups excluding carboxylic acids is 4. The average Bonchev–Trinajstić information content (AvgIpc) is 3.35. The van der Waals surface area contributed by atoms with Gasteiger partial charge in [0.05, 0.1) is 6.10 Å². The summed E-state index contributed by atoms with van der Waals surface area (Å²) in [6.07, 6.45) is 10.6. The molecule has 49 heavy (non-hydrogen) atoms. The summed E-state index contributed by atoms with van der Waals surface area (Å²) in [6.45, 7) is 13.0. The van der Waals surface area contributed by atoms with Gasteiger partial charge in [0.1, 0.15) is 17.6 Å². The van der Waals surface area contributed by atoms with Crippen LogP contribution in [0.25, 0.3) is 0 Å². The van der Waals surface area contributed by atoms with Crippen molar-refractivity contribution >= 4 is 35.1 Å². The van der Waals surface area contributed by atoms with Gasteiger partial charge in [-0.2, -0.15) is 0 Å². The number of carbonyl (C=O) groups is 4. The normalized spacial score (nSPS) is 28.9. The van der Waals surface area contributed by atoms with Gasteiger partial charge in [0, 0.05) is 41.3 Å². The molecule has 4 aliphatic carbocycles. The number of hydrogen-bond acceptors (Lipinski definition) is 7. The van der Waals surface area contributed by atoms with Crippen molar-refractivity contribution in [1.29, 1.82) is 0 Å². The summed E-state index contributed by atoms with van der Waals surface area (Å²) >= 11 is 5.84. The van der Waals surface area contributed by atoms with Gasteiger partial charge < -0.3 is 14.2 Å². The molecule has 7 nitrogen and oxygen atoms in total. The molecule has 0 heterocycles. The number of allylic oxidation sites excluding steroid dienone is 1. The molecule has 0 saturated heterocycles. The van der Waals surface area contributed by atoms with Crippen molar-refractivity contribution in [3.05, 3.63) is 76.3 Å². The largest absolute Gasteiger partial charge is 0.476 e. The SMILES string of the molecule is CC(=O)OC1CCC2(C)C(=CCC3C4CCC(=O)C4(C)CCC32)C1.CC(C)OC(=O)C(C)(C)Oc1ccc(C(=O)c2ccc(Cl)cc2)cc1. The van der Waals surface area contributed by atoms with Gasteiger partial charge >= 0.3 is 11.9 Å². The summed E-state index contributed by atoms with van der Waals surface area (Å²) in [7, 11) is 0. The van der Waals surface area contributed by atoms with Crippen molar-refractivity contribution in [2.75, 3.05) is 0 Å². The number of hydrogen-bond donors (Lipinski definition) is 0. The minimum atomic E-state index is -1.12. The van der Waals surface area contributed by atoms with Crippen LogP contribution in [-0.4, -0.2) is 41.3 Å². The van der Waals surface area contributed by atoms with E-state index >= 15 is 0 Å². The van der Waals surface area contributed by atoms with E-state index in [0.29, 0.717) is 45.4 Å².